The first-order chi connectivity index (χ1) is 11.5. The van der Waals surface area contributed by atoms with Crippen LogP contribution in [0.3, 0.4) is 0 Å². The largest absolute Gasteiger partial charge is 0.305 e. The number of hydrogen-bond donors (Lipinski definition) is 1. The minimum Gasteiger partial charge on any atom is -0.305 e. The van der Waals surface area contributed by atoms with Crippen LogP contribution < -0.4 is 5.32 Å². The van der Waals surface area contributed by atoms with E-state index in [1.54, 1.807) is 6.07 Å². The van der Waals surface area contributed by atoms with Gasteiger partial charge in [0, 0.05) is 17.6 Å². The van der Waals surface area contributed by atoms with E-state index in [1.165, 1.54) is 11.3 Å². The lowest BCUT2D eigenvalue weighted by Crippen LogP contribution is -2.12. The Morgan fingerprint density at radius 2 is 2.00 bits per heavy atom. The zero-order valence-corrected chi connectivity index (χ0v) is 14.4. The van der Waals surface area contributed by atoms with Gasteiger partial charge in [0.15, 0.2) is 5.13 Å². The molecule has 0 aliphatic rings. The van der Waals surface area contributed by atoms with Crippen LogP contribution in [0.1, 0.15) is 27.3 Å². The zero-order valence-electron chi connectivity index (χ0n) is 13.6. The summed E-state index contributed by atoms with van der Waals surface area (Å²) in [5.41, 5.74) is 5.20. The number of anilines is 1. The number of benzene rings is 1. The molecule has 3 heterocycles. The Kier molecular flexibility index (Phi) is 3.35. The fourth-order valence-electron chi connectivity index (χ4n) is 2.88. The highest BCUT2D eigenvalue weighted by molar-refractivity contribution is 7.22. The SMILES string of the molecule is Cc1cc(C)n2ccc(C(=O)Nc3nc4c(C)cccc4s3)c2n1. The van der Waals surface area contributed by atoms with Crippen LogP contribution in [-0.2, 0) is 0 Å². The molecule has 0 radical (unpaired) electrons. The van der Waals surface area contributed by atoms with Crippen molar-refractivity contribution < 1.29 is 4.79 Å². The minimum absolute atomic E-state index is 0.188. The molecule has 0 unspecified atom stereocenters. The van der Waals surface area contributed by atoms with E-state index in [0.29, 0.717) is 16.3 Å². The number of amides is 1. The molecule has 3 aromatic heterocycles. The fourth-order valence-corrected chi connectivity index (χ4v) is 3.81. The Morgan fingerprint density at radius 3 is 2.79 bits per heavy atom. The molecule has 5 nitrogen and oxygen atoms in total. The van der Waals surface area contributed by atoms with Crippen molar-refractivity contribution in [2.45, 2.75) is 20.8 Å². The van der Waals surface area contributed by atoms with E-state index in [2.05, 4.69) is 15.3 Å². The van der Waals surface area contributed by atoms with Crippen LogP contribution in [0, 0.1) is 20.8 Å². The Morgan fingerprint density at radius 1 is 1.17 bits per heavy atom. The third kappa shape index (κ3) is 2.35. The first kappa shape index (κ1) is 14.8. The lowest BCUT2D eigenvalue weighted by Gasteiger charge is -2.04. The summed E-state index contributed by atoms with van der Waals surface area (Å²) in [5.74, 6) is -0.188. The van der Waals surface area contributed by atoms with Gasteiger partial charge in [0.05, 0.1) is 15.8 Å². The first-order valence-electron chi connectivity index (χ1n) is 7.66. The number of nitrogens with one attached hydrogen (secondary N) is 1. The van der Waals surface area contributed by atoms with Crippen molar-refractivity contribution in [1.82, 2.24) is 14.4 Å². The molecular formula is C18H16N4OS. The van der Waals surface area contributed by atoms with Crippen LogP contribution >= 0.6 is 11.3 Å². The predicted molar refractivity (Wildman–Crippen MR) is 97.0 cm³/mol. The standard InChI is InChI=1S/C18H16N4OS/c1-10-5-4-6-14-15(10)20-18(24-14)21-17(23)13-7-8-22-12(3)9-11(2)19-16(13)22/h4-9H,1-3H3,(H,20,21,23). The number of aromatic nitrogens is 3. The van der Waals surface area contributed by atoms with Crippen molar-refractivity contribution in [1.29, 1.82) is 0 Å². The first-order valence-corrected chi connectivity index (χ1v) is 8.47. The second kappa shape index (κ2) is 5.42. The summed E-state index contributed by atoms with van der Waals surface area (Å²) >= 11 is 1.48. The predicted octanol–water partition coefficient (Wildman–Crippen LogP) is 4.12. The number of carbonyl (C=O) groups excluding carboxylic acids is 1. The van der Waals surface area contributed by atoms with Crippen molar-refractivity contribution >= 4 is 38.2 Å². The van der Waals surface area contributed by atoms with Gasteiger partial charge in [-0.2, -0.15) is 0 Å². The lowest BCUT2D eigenvalue weighted by atomic mass is 10.2. The molecule has 0 bridgehead atoms. The van der Waals surface area contributed by atoms with Gasteiger partial charge in [-0.25, -0.2) is 9.97 Å². The van der Waals surface area contributed by atoms with Crippen LogP contribution in [0.25, 0.3) is 15.9 Å². The molecule has 0 aliphatic heterocycles. The van der Waals surface area contributed by atoms with Gasteiger partial charge < -0.3 is 4.40 Å². The highest BCUT2D eigenvalue weighted by Gasteiger charge is 2.16. The van der Waals surface area contributed by atoms with Crippen molar-refractivity contribution in [3.8, 4) is 0 Å². The van der Waals surface area contributed by atoms with Crippen molar-refractivity contribution in [2.75, 3.05) is 5.32 Å². The number of fused-ring (bicyclic) bond motifs is 2. The summed E-state index contributed by atoms with van der Waals surface area (Å²) in [6, 6.07) is 9.81. The van der Waals surface area contributed by atoms with Crippen LogP contribution in [-0.4, -0.2) is 20.3 Å². The van der Waals surface area contributed by atoms with E-state index < -0.39 is 0 Å². The van der Waals surface area contributed by atoms with Gasteiger partial charge in [-0.05, 0) is 44.5 Å². The number of nitrogens with zero attached hydrogens (tertiary/aromatic N) is 3. The monoisotopic (exact) mass is 336 g/mol. The van der Waals surface area contributed by atoms with Gasteiger partial charge in [-0.3, -0.25) is 10.1 Å². The summed E-state index contributed by atoms with van der Waals surface area (Å²) in [4.78, 5) is 21.7. The second-order valence-electron chi connectivity index (χ2n) is 5.86. The normalized spacial score (nSPS) is 11.3. The van der Waals surface area contributed by atoms with E-state index in [-0.39, 0.29) is 5.91 Å². The molecule has 0 fully saturated rings. The number of para-hydroxylation sites is 1. The minimum atomic E-state index is -0.188. The second-order valence-corrected chi connectivity index (χ2v) is 6.89. The molecule has 6 heteroatoms. The molecule has 4 aromatic rings. The molecule has 1 amide bonds. The van der Waals surface area contributed by atoms with Gasteiger partial charge in [0.25, 0.3) is 5.91 Å². The van der Waals surface area contributed by atoms with E-state index in [1.807, 2.05) is 55.6 Å². The van der Waals surface area contributed by atoms with Gasteiger partial charge >= 0.3 is 0 Å². The summed E-state index contributed by atoms with van der Waals surface area (Å²) in [6.45, 7) is 5.95. The van der Waals surface area contributed by atoms with Crippen LogP contribution in [0.15, 0.2) is 36.5 Å². The molecule has 120 valence electrons. The zero-order chi connectivity index (χ0) is 16.8. The number of carbonyl (C=O) groups is 1. The van der Waals surface area contributed by atoms with Crippen molar-refractivity contribution in [2.24, 2.45) is 0 Å². The fraction of sp³-hybridized carbons (Fsp3) is 0.167. The molecule has 4 rings (SSSR count). The molecule has 0 atom stereocenters. The molecule has 24 heavy (non-hydrogen) atoms. The molecule has 0 aliphatic carbocycles. The smallest absolute Gasteiger partial charge is 0.261 e. The molecule has 0 spiro atoms. The maximum atomic E-state index is 12.7. The van der Waals surface area contributed by atoms with E-state index in [4.69, 9.17) is 0 Å². The van der Waals surface area contributed by atoms with Gasteiger partial charge in [-0.1, -0.05) is 23.5 Å². The number of hydrogen-bond acceptors (Lipinski definition) is 4. The average molecular weight is 336 g/mol. The lowest BCUT2D eigenvalue weighted by molar-refractivity contribution is 0.102. The molecule has 0 saturated heterocycles. The average Bonchev–Trinajstić information content (AvgIpc) is 3.11. The maximum Gasteiger partial charge on any atom is 0.261 e. The molecule has 0 saturated carbocycles. The Bertz CT molecular complexity index is 1090. The third-order valence-electron chi connectivity index (χ3n) is 4.03. The maximum absolute atomic E-state index is 12.7. The van der Waals surface area contributed by atoms with Crippen LogP contribution in [0.2, 0.25) is 0 Å². The Labute approximate surface area is 143 Å². The quantitative estimate of drug-likeness (QED) is 0.599. The van der Waals surface area contributed by atoms with Crippen molar-refractivity contribution in [3.63, 3.8) is 0 Å². The highest BCUT2D eigenvalue weighted by atomic mass is 32.1. The van der Waals surface area contributed by atoms with Gasteiger partial charge in [0.2, 0.25) is 0 Å². The molecule has 1 aromatic carbocycles. The van der Waals surface area contributed by atoms with E-state index in [9.17, 15) is 4.79 Å². The molecular weight excluding hydrogens is 320 g/mol. The van der Waals surface area contributed by atoms with Crippen molar-refractivity contribution in [3.05, 3.63) is 59.0 Å². The topological polar surface area (TPSA) is 59.3 Å². The van der Waals surface area contributed by atoms with E-state index >= 15 is 0 Å². The summed E-state index contributed by atoms with van der Waals surface area (Å²) in [5, 5.41) is 3.51. The third-order valence-corrected chi connectivity index (χ3v) is 4.96. The summed E-state index contributed by atoms with van der Waals surface area (Å²) in [6.07, 6.45) is 1.87. The Balaban J connectivity index is 1.72. The highest BCUT2D eigenvalue weighted by Crippen LogP contribution is 2.28. The number of thiazole rings is 1. The summed E-state index contributed by atoms with van der Waals surface area (Å²) in [7, 11) is 0. The van der Waals surface area contributed by atoms with E-state index in [0.717, 1.165) is 27.2 Å². The summed E-state index contributed by atoms with van der Waals surface area (Å²) < 4.78 is 2.99. The van der Waals surface area contributed by atoms with Crippen LogP contribution in [0.5, 0.6) is 0 Å². The number of rotatable bonds is 2. The molecule has 1 N–H and O–H groups in total. The number of aryl methyl sites for hydroxylation is 3. The Hall–Kier alpha value is -2.73. The van der Waals surface area contributed by atoms with Gasteiger partial charge in [0.1, 0.15) is 5.65 Å². The van der Waals surface area contributed by atoms with Crippen LogP contribution in [0.4, 0.5) is 5.13 Å². The van der Waals surface area contributed by atoms with Gasteiger partial charge in [-0.15, -0.1) is 0 Å².